The zero-order chi connectivity index (χ0) is 20.4. The Bertz CT molecular complexity index is 926. The van der Waals surface area contributed by atoms with Crippen molar-refractivity contribution in [2.75, 3.05) is 0 Å². The lowest BCUT2D eigenvalue weighted by atomic mass is 9.64. The first kappa shape index (κ1) is 19.8. The molecular weight excluding hydrogens is 361 g/mol. The third-order valence-electron chi connectivity index (χ3n) is 6.23. The predicted octanol–water partition coefficient (Wildman–Crippen LogP) is 5.76. The number of aliphatic hydroxyl groups is 1. The molecule has 4 atom stereocenters. The number of piperidine rings is 1. The molecule has 1 aliphatic rings. The largest absolute Gasteiger partial charge is 0.385 e. The maximum atomic E-state index is 13.6. The maximum Gasteiger partial charge on any atom is 0.123 e. The molecule has 150 valence electrons. The fourth-order valence-corrected chi connectivity index (χ4v) is 4.95. The van der Waals surface area contributed by atoms with Crippen LogP contribution in [0, 0.1) is 17.7 Å². The van der Waals surface area contributed by atoms with E-state index in [0.29, 0.717) is 6.42 Å². The van der Waals surface area contributed by atoms with Gasteiger partial charge in [0.05, 0.1) is 5.60 Å². The highest BCUT2D eigenvalue weighted by atomic mass is 19.1. The molecule has 0 unspecified atom stereocenters. The van der Waals surface area contributed by atoms with Crippen LogP contribution >= 0.6 is 0 Å². The number of halogens is 1. The van der Waals surface area contributed by atoms with Crippen LogP contribution in [0.1, 0.15) is 49.0 Å². The van der Waals surface area contributed by atoms with Crippen LogP contribution in [0.15, 0.2) is 84.9 Å². The Hall–Kier alpha value is -2.49. The normalized spacial score (nSPS) is 27.1. The summed E-state index contributed by atoms with van der Waals surface area (Å²) >= 11 is 0. The van der Waals surface area contributed by atoms with Gasteiger partial charge >= 0.3 is 0 Å². The smallest absolute Gasteiger partial charge is 0.123 e. The van der Waals surface area contributed by atoms with E-state index in [4.69, 9.17) is 0 Å². The summed E-state index contributed by atoms with van der Waals surface area (Å²) < 4.78 is 13.6. The van der Waals surface area contributed by atoms with Crippen LogP contribution in [0.2, 0.25) is 0 Å². The first-order valence-corrected chi connectivity index (χ1v) is 10.3. The average Bonchev–Trinajstić information content (AvgIpc) is 2.74. The van der Waals surface area contributed by atoms with E-state index in [2.05, 4.69) is 43.4 Å². The molecule has 0 aromatic heterocycles. The van der Waals surface area contributed by atoms with Crippen LogP contribution < -0.4 is 5.32 Å². The van der Waals surface area contributed by atoms with Crippen LogP contribution in [-0.2, 0) is 5.60 Å². The SMILES string of the molecule is CC(C)[C@H]1[C@@H](c2ccccc2)N[C@H](c2ccccc2)C[C@]1(O)c1ccc(F)cc1. The quantitative estimate of drug-likeness (QED) is 0.594. The van der Waals surface area contributed by atoms with E-state index in [1.165, 1.54) is 12.1 Å². The van der Waals surface area contributed by atoms with Crippen molar-refractivity contribution in [3.05, 3.63) is 107 Å². The number of nitrogens with one attached hydrogen (secondary N) is 1. The highest BCUT2D eigenvalue weighted by Crippen LogP contribution is 2.51. The van der Waals surface area contributed by atoms with E-state index < -0.39 is 5.60 Å². The molecule has 0 aliphatic carbocycles. The van der Waals surface area contributed by atoms with Crippen molar-refractivity contribution in [2.24, 2.45) is 11.8 Å². The van der Waals surface area contributed by atoms with Crippen molar-refractivity contribution in [3.8, 4) is 0 Å². The minimum Gasteiger partial charge on any atom is -0.385 e. The summed E-state index contributed by atoms with van der Waals surface area (Å²) in [6, 6.07) is 26.9. The Labute approximate surface area is 172 Å². The molecule has 3 heteroatoms. The lowest BCUT2D eigenvalue weighted by Gasteiger charge is -2.51. The third kappa shape index (κ3) is 3.85. The van der Waals surface area contributed by atoms with Gasteiger partial charge in [0, 0.05) is 24.4 Å². The molecule has 2 N–H and O–H groups in total. The summed E-state index contributed by atoms with van der Waals surface area (Å²) in [5.41, 5.74) is 2.01. The van der Waals surface area contributed by atoms with Crippen LogP contribution in [0.5, 0.6) is 0 Å². The van der Waals surface area contributed by atoms with Crippen molar-refractivity contribution in [1.29, 1.82) is 0 Å². The van der Waals surface area contributed by atoms with Gasteiger partial charge in [0.15, 0.2) is 0 Å². The van der Waals surface area contributed by atoms with Gasteiger partial charge in [-0.2, -0.15) is 0 Å². The molecule has 0 spiro atoms. The molecule has 29 heavy (non-hydrogen) atoms. The fraction of sp³-hybridized carbons (Fsp3) is 0.308. The molecule has 0 amide bonds. The lowest BCUT2D eigenvalue weighted by Crippen LogP contribution is -2.53. The fourth-order valence-electron chi connectivity index (χ4n) is 4.95. The van der Waals surface area contributed by atoms with Crippen LogP contribution in [0.3, 0.4) is 0 Å². The second-order valence-electron chi connectivity index (χ2n) is 8.42. The second kappa shape index (κ2) is 8.10. The first-order valence-electron chi connectivity index (χ1n) is 10.3. The van der Waals surface area contributed by atoms with Crippen molar-refractivity contribution in [1.82, 2.24) is 5.32 Å². The summed E-state index contributed by atoms with van der Waals surface area (Å²) in [6.45, 7) is 4.30. The van der Waals surface area contributed by atoms with Crippen molar-refractivity contribution in [2.45, 2.75) is 38.0 Å². The molecule has 4 rings (SSSR count). The van der Waals surface area contributed by atoms with Gasteiger partial charge in [-0.1, -0.05) is 86.6 Å². The van der Waals surface area contributed by atoms with E-state index in [9.17, 15) is 9.50 Å². The monoisotopic (exact) mass is 389 g/mol. The van der Waals surface area contributed by atoms with E-state index in [1.807, 2.05) is 36.4 Å². The Morgan fingerprint density at radius 3 is 1.97 bits per heavy atom. The summed E-state index contributed by atoms with van der Waals surface area (Å²) in [6.07, 6.45) is 0.537. The second-order valence-corrected chi connectivity index (χ2v) is 8.42. The molecule has 1 fully saturated rings. The molecular formula is C26H28FNO. The third-order valence-corrected chi connectivity index (χ3v) is 6.23. The topological polar surface area (TPSA) is 32.3 Å². The van der Waals surface area contributed by atoms with Gasteiger partial charge in [-0.05, 0) is 34.7 Å². The number of hydrogen-bond donors (Lipinski definition) is 2. The molecule has 1 heterocycles. The van der Waals surface area contributed by atoms with E-state index in [1.54, 1.807) is 12.1 Å². The Kier molecular flexibility index (Phi) is 5.53. The van der Waals surface area contributed by atoms with E-state index in [0.717, 1.165) is 16.7 Å². The van der Waals surface area contributed by atoms with Gasteiger partial charge in [-0.3, -0.25) is 0 Å². The van der Waals surface area contributed by atoms with Crippen molar-refractivity contribution >= 4 is 0 Å². The maximum absolute atomic E-state index is 13.6. The molecule has 1 saturated heterocycles. The Morgan fingerprint density at radius 2 is 1.41 bits per heavy atom. The van der Waals surface area contributed by atoms with Gasteiger partial charge in [0.2, 0.25) is 0 Å². The van der Waals surface area contributed by atoms with E-state index >= 15 is 0 Å². The molecule has 0 bridgehead atoms. The lowest BCUT2D eigenvalue weighted by molar-refractivity contribution is -0.0992. The minimum atomic E-state index is -1.08. The summed E-state index contributed by atoms with van der Waals surface area (Å²) in [7, 11) is 0. The molecule has 3 aromatic rings. The Balaban J connectivity index is 1.84. The van der Waals surface area contributed by atoms with Crippen molar-refractivity contribution < 1.29 is 9.50 Å². The molecule has 1 aliphatic heterocycles. The zero-order valence-electron chi connectivity index (χ0n) is 16.9. The van der Waals surface area contributed by atoms with E-state index in [-0.39, 0.29) is 29.7 Å². The summed E-state index contributed by atoms with van der Waals surface area (Å²) in [4.78, 5) is 0. The van der Waals surface area contributed by atoms with Gasteiger partial charge < -0.3 is 10.4 Å². The number of hydrogen-bond acceptors (Lipinski definition) is 2. The molecule has 0 saturated carbocycles. The summed E-state index contributed by atoms with van der Waals surface area (Å²) in [5, 5.41) is 16.0. The molecule has 2 nitrogen and oxygen atoms in total. The number of rotatable bonds is 4. The van der Waals surface area contributed by atoms with Gasteiger partial charge in [-0.25, -0.2) is 4.39 Å². The first-order chi connectivity index (χ1) is 14.0. The average molecular weight is 390 g/mol. The summed E-state index contributed by atoms with van der Waals surface area (Å²) in [5.74, 6) is -0.124. The van der Waals surface area contributed by atoms with Gasteiger partial charge in [-0.15, -0.1) is 0 Å². The van der Waals surface area contributed by atoms with Gasteiger partial charge in [0.1, 0.15) is 5.82 Å². The zero-order valence-corrected chi connectivity index (χ0v) is 16.9. The standard InChI is InChI=1S/C26H28FNO/c1-18(2)24-25(20-11-7-4-8-12-20)28-23(19-9-5-3-6-10-19)17-26(24,29)21-13-15-22(27)16-14-21/h3-16,18,23-25,28-29H,17H2,1-2H3/t23-,24-,25+,26-/m0/s1. The highest BCUT2D eigenvalue weighted by molar-refractivity contribution is 5.32. The van der Waals surface area contributed by atoms with Crippen LogP contribution in [-0.4, -0.2) is 5.11 Å². The molecule has 0 radical (unpaired) electrons. The molecule has 3 aromatic carbocycles. The minimum absolute atomic E-state index is 0.00791. The van der Waals surface area contributed by atoms with Crippen molar-refractivity contribution in [3.63, 3.8) is 0 Å². The highest BCUT2D eigenvalue weighted by Gasteiger charge is 2.50. The Morgan fingerprint density at radius 1 is 0.862 bits per heavy atom. The number of benzene rings is 3. The predicted molar refractivity (Wildman–Crippen MR) is 115 cm³/mol. The van der Waals surface area contributed by atoms with Crippen LogP contribution in [0.4, 0.5) is 4.39 Å². The van der Waals surface area contributed by atoms with Gasteiger partial charge in [0.25, 0.3) is 0 Å². The van der Waals surface area contributed by atoms with Crippen LogP contribution in [0.25, 0.3) is 0 Å².